The van der Waals surface area contributed by atoms with E-state index < -0.39 is 17.4 Å². The molecule has 27 heavy (non-hydrogen) atoms. The second-order valence-electron chi connectivity index (χ2n) is 7.69. The van der Waals surface area contributed by atoms with Crippen molar-refractivity contribution in [1.82, 2.24) is 10.2 Å². The molecule has 0 bridgehead atoms. The number of halogens is 1. The average Bonchev–Trinajstić information content (AvgIpc) is 3.28. The Morgan fingerprint density at radius 1 is 1.30 bits per heavy atom. The number of hydrogen-bond donors (Lipinski definition) is 2. The summed E-state index contributed by atoms with van der Waals surface area (Å²) in [5, 5.41) is 13.0. The minimum absolute atomic E-state index is 0.00277. The second-order valence-corrected chi connectivity index (χ2v) is 8.13. The Morgan fingerprint density at radius 3 is 2.81 bits per heavy atom. The van der Waals surface area contributed by atoms with Gasteiger partial charge in [-0.25, -0.2) is 4.79 Å². The number of benzene rings is 1. The molecule has 1 aromatic rings. The molecule has 2 aliphatic heterocycles. The molecule has 2 N–H and O–H groups in total. The van der Waals surface area contributed by atoms with Crippen molar-refractivity contribution < 1.29 is 19.5 Å². The molecule has 0 radical (unpaired) electrons. The highest BCUT2D eigenvalue weighted by molar-refractivity contribution is 6.31. The van der Waals surface area contributed by atoms with Crippen LogP contribution < -0.4 is 10.2 Å². The number of urea groups is 1. The summed E-state index contributed by atoms with van der Waals surface area (Å²) in [6.45, 7) is 1.17. The zero-order chi connectivity index (χ0) is 19.2. The van der Waals surface area contributed by atoms with E-state index in [4.69, 9.17) is 11.6 Å². The lowest BCUT2D eigenvalue weighted by molar-refractivity contribution is -0.149. The van der Waals surface area contributed by atoms with Crippen LogP contribution in [0.2, 0.25) is 5.02 Å². The van der Waals surface area contributed by atoms with Crippen LogP contribution in [0.5, 0.6) is 0 Å². The van der Waals surface area contributed by atoms with E-state index in [1.807, 2.05) is 6.07 Å². The molecule has 8 heteroatoms. The summed E-state index contributed by atoms with van der Waals surface area (Å²) < 4.78 is 0. The molecular weight excluding hydrogens is 370 g/mol. The lowest BCUT2D eigenvalue weighted by atomic mass is 9.81. The van der Waals surface area contributed by atoms with E-state index in [9.17, 15) is 19.5 Å². The first-order chi connectivity index (χ1) is 12.9. The number of fused-ring (bicyclic) bond motifs is 1. The maximum atomic E-state index is 12.7. The fourth-order valence-corrected chi connectivity index (χ4v) is 4.93. The van der Waals surface area contributed by atoms with Gasteiger partial charge in [0.15, 0.2) is 0 Å². The third kappa shape index (κ3) is 3.04. The van der Waals surface area contributed by atoms with Gasteiger partial charge in [0.05, 0.1) is 5.41 Å². The van der Waals surface area contributed by atoms with Crippen molar-refractivity contribution in [3.63, 3.8) is 0 Å². The largest absolute Gasteiger partial charge is 0.481 e. The molecule has 0 aromatic heterocycles. The highest BCUT2D eigenvalue weighted by Gasteiger charge is 2.56. The van der Waals surface area contributed by atoms with Crippen LogP contribution in [-0.2, 0) is 9.59 Å². The molecule has 3 atom stereocenters. The van der Waals surface area contributed by atoms with Crippen LogP contribution >= 0.6 is 11.6 Å². The third-order valence-corrected chi connectivity index (χ3v) is 6.44. The molecule has 7 nitrogen and oxygen atoms in total. The first kappa shape index (κ1) is 18.1. The van der Waals surface area contributed by atoms with E-state index in [2.05, 4.69) is 5.32 Å². The standard InChI is InChI=1S/C19H22ClN3O4/c20-13-4-1-5-14(9-13)23-8-6-15(16(23)24)21-18(27)22-10-12-3-2-7-19(12,11-22)17(25)26/h1,4-5,9,12,15H,2-3,6-8,10-11H2,(H,21,27)(H,25,26)/t12-,15?,19+/m0/s1. The molecule has 1 aromatic carbocycles. The summed E-state index contributed by atoms with van der Waals surface area (Å²) in [6, 6.07) is 6.11. The molecule has 3 fully saturated rings. The molecule has 1 saturated carbocycles. The Labute approximate surface area is 162 Å². The summed E-state index contributed by atoms with van der Waals surface area (Å²) in [6.07, 6.45) is 2.85. The number of nitrogens with one attached hydrogen (secondary N) is 1. The average molecular weight is 392 g/mol. The minimum atomic E-state index is -0.816. The maximum absolute atomic E-state index is 12.7. The van der Waals surface area contributed by atoms with Crippen molar-refractivity contribution in [3.8, 4) is 0 Å². The highest BCUT2D eigenvalue weighted by Crippen LogP contribution is 2.48. The van der Waals surface area contributed by atoms with Gasteiger partial charge in [-0.15, -0.1) is 0 Å². The number of carboxylic acid groups (broad SMARTS) is 1. The Balaban J connectivity index is 1.41. The van der Waals surface area contributed by atoms with E-state index in [-0.39, 0.29) is 24.4 Å². The van der Waals surface area contributed by atoms with Crippen LogP contribution in [0.4, 0.5) is 10.5 Å². The fraction of sp³-hybridized carbons (Fsp3) is 0.526. The van der Waals surface area contributed by atoms with Crippen molar-refractivity contribution in [3.05, 3.63) is 29.3 Å². The van der Waals surface area contributed by atoms with Crippen LogP contribution in [0.1, 0.15) is 25.7 Å². The van der Waals surface area contributed by atoms with E-state index in [1.165, 1.54) is 0 Å². The smallest absolute Gasteiger partial charge is 0.318 e. The van der Waals surface area contributed by atoms with Crippen molar-refractivity contribution in [1.29, 1.82) is 0 Å². The first-order valence-corrected chi connectivity index (χ1v) is 9.64. The van der Waals surface area contributed by atoms with Crippen LogP contribution in [0.3, 0.4) is 0 Å². The molecule has 3 amide bonds. The summed E-state index contributed by atoms with van der Waals surface area (Å²) in [7, 11) is 0. The number of amides is 3. The van der Waals surface area contributed by atoms with E-state index in [0.29, 0.717) is 36.6 Å². The SMILES string of the molecule is O=C(NC1CCN(c2cccc(Cl)c2)C1=O)N1C[C@@H]2CCC[C@@]2(C(=O)O)C1. The fourth-order valence-electron chi connectivity index (χ4n) is 4.75. The number of rotatable bonds is 3. The predicted octanol–water partition coefficient (Wildman–Crippen LogP) is 2.34. The number of likely N-dealkylation sites (tertiary alicyclic amines) is 1. The molecular formula is C19H22ClN3O4. The molecule has 144 valence electrons. The minimum Gasteiger partial charge on any atom is -0.481 e. The van der Waals surface area contributed by atoms with Gasteiger partial charge < -0.3 is 20.2 Å². The van der Waals surface area contributed by atoms with Gasteiger partial charge in [0.2, 0.25) is 5.91 Å². The topological polar surface area (TPSA) is 90.0 Å². The number of carboxylic acids is 1. The Morgan fingerprint density at radius 2 is 2.11 bits per heavy atom. The van der Waals surface area contributed by atoms with Crippen LogP contribution in [-0.4, -0.2) is 53.6 Å². The Hall–Kier alpha value is -2.28. The van der Waals surface area contributed by atoms with Gasteiger partial charge in [0.25, 0.3) is 0 Å². The van der Waals surface area contributed by atoms with Gasteiger partial charge in [-0.3, -0.25) is 9.59 Å². The van der Waals surface area contributed by atoms with Crippen molar-refractivity contribution in [2.75, 3.05) is 24.5 Å². The van der Waals surface area contributed by atoms with Crippen LogP contribution in [0, 0.1) is 11.3 Å². The number of carbonyl (C=O) groups is 3. The number of hydrogen-bond acceptors (Lipinski definition) is 3. The van der Waals surface area contributed by atoms with Crippen LogP contribution in [0.25, 0.3) is 0 Å². The quantitative estimate of drug-likeness (QED) is 0.827. The molecule has 2 heterocycles. The highest BCUT2D eigenvalue weighted by atomic mass is 35.5. The lowest BCUT2D eigenvalue weighted by Crippen LogP contribution is -2.48. The number of nitrogens with zero attached hydrogens (tertiary/aromatic N) is 2. The normalized spacial score (nSPS) is 29.9. The molecule has 3 aliphatic rings. The summed E-state index contributed by atoms with van der Waals surface area (Å²) in [5.41, 5.74) is -0.103. The number of carbonyl (C=O) groups excluding carboxylic acids is 2. The monoisotopic (exact) mass is 391 g/mol. The Bertz CT molecular complexity index is 801. The zero-order valence-corrected chi connectivity index (χ0v) is 15.6. The van der Waals surface area contributed by atoms with Gasteiger partial charge in [-0.05, 0) is 43.4 Å². The number of aliphatic carboxylic acids is 1. The number of anilines is 1. The van der Waals surface area contributed by atoms with Crippen molar-refractivity contribution in [2.24, 2.45) is 11.3 Å². The molecule has 1 aliphatic carbocycles. The molecule has 2 saturated heterocycles. The molecule has 4 rings (SSSR count). The van der Waals surface area contributed by atoms with Gasteiger partial charge in [-0.2, -0.15) is 0 Å². The van der Waals surface area contributed by atoms with Crippen LogP contribution in [0.15, 0.2) is 24.3 Å². The maximum Gasteiger partial charge on any atom is 0.318 e. The summed E-state index contributed by atoms with van der Waals surface area (Å²) in [4.78, 5) is 40.3. The van der Waals surface area contributed by atoms with E-state index >= 15 is 0 Å². The first-order valence-electron chi connectivity index (χ1n) is 9.26. The third-order valence-electron chi connectivity index (χ3n) is 6.21. The van der Waals surface area contributed by atoms with E-state index in [1.54, 1.807) is 28.0 Å². The van der Waals surface area contributed by atoms with Crippen molar-refractivity contribution >= 4 is 35.2 Å². The van der Waals surface area contributed by atoms with Gasteiger partial charge in [0.1, 0.15) is 6.04 Å². The van der Waals surface area contributed by atoms with Gasteiger partial charge >= 0.3 is 12.0 Å². The lowest BCUT2D eigenvalue weighted by Gasteiger charge is -2.24. The molecule has 0 spiro atoms. The molecule has 1 unspecified atom stereocenters. The zero-order valence-electron chi connectivity index (χ0n) is 14.9. The Kier molecular flexibility index (Phi) is 4.50. The predicted molar refractivity (Wildman–Crippen MR) is 99.7 cm³/mol. The second kappa shape index (κ2) is 6.71. The van der Waals surface area contributed by atoms with Crippen molar-refractivity contribution in [2.45, 2.75) is 31.7 Å². The van der Waals surface area contributed by atoms with E-state index in [0.717, 1.165) is 12.8 Å². The van der Waals surface area contributed by atoms with Gasteiger partial charge in [-0.1, -0.05) is 24.1 Å². The van der Waals surface area contributed by atoms with Gasteiger partial charge in [0, 0.05) is 30.3 Å². The summed E-state index contributed by atoms with van der Waals surface area (Å²) >= 11 is 6.00. The summed E-state index contributed by atoms with van der Waals surface area (Å²) in [5.74, 6) is -0.981.